The maximum atomic E-state index is 5.52. The van der Waals surface area contributed by atoms with E-state index in [0.29, 0.717) is 0 Å². The summed E-state index contributed by atoms with van der Waals surface area (Å²) in [5.41, 5.74) is 0. The van der Waals surface area contributed by atoms with Crippen LogP contribution < -0.4 is 0 Å². The highest BCUT2D eigenvalue weighted by Gasteiger charge is 1.94. The highest BCUT2D eigenvalue weighted by Crippen LogP contribution is 2.26. The van der Waals surface area contributed by atoms with Gasteiger partial charge in [-0.15, -0.1) is 0 Å². The Kier molecular flexibility index (Phi) is 5.98. The second-order valence-electron chi connectivity index (χ2n) is 1.19. The van der Waals surface area contributed by atoms with E-state index in [1.54, 1.807) is 0 Å². The summed E-state index contributed by atoms with van der Waals surface area (Å²) >= 11 is 0. The van der Waals surface area contributed by atoms with Crippen molar-refractivity contribution >= 4 is 38.0 Å². The Morgan fingerprint density at radius 2 is 2.43 bits per heavy atom. The van der Waals surface area contributed by atoms with Crippen LogP contribution >= 0.6 is 16.7 Å². The third-order valence-corrected chi connectivity index (χ3v) is 2.73. The van der Waals surface area contributed by atoms with Crippen LogP contribution in [0.1, 0.15) is 6.92 Å². The second kappa shape index (κ2) is 5.20. The van der Waals surface area contributed by atoms with Gasteiger partial charge in [0, 0.05) is 0 Å². The van der Waals surface area contributed by atoms with Crippen molar-refractivity contribution in [2.24, 2.45) is 0 Å². The Hall–Kier alpha value is 1.05. The van der Waals surface area contributed by atoms with E-state index in [1.165, 1.54) is 0 Å². The van der Waals surface area contributed by atoms with Crippen LogP contribution in [0.25, 0.3) is 0 Å². The van der Waals surface area contributed by atoms with Crippen LogP contribution in [0.4, 0.5) is 0 Å². The lowest BCUT2D eigenvalue weighted by atomic mass is 10.1. The van der Waals surface area contributed by atoms with Crippen LogP contribution in [0.15, 0.2) is 0 Å². The molecular formula is C2H7B3P2. The quantitative estimate of drug-likeness (QED) is 0.390. The van der Waals surface area contributed by atoms with E-state index in [-0.39, 0.29) is 7.56 Å². The Morgan fingerprint density at radius 3 is 2.57 bits per heavy atom. The first-order chi connectivity index (χ1) is 3.31. The van der Waals surface area contributed by atoms with Crippen molar-refractivity contribution < 1.29 is 0 Å². The van der Waals surface area contributed by atoms with Gasteiger partial charge in [-0.05, 0) is 0 Å². The van der Waals surface area contributed by atoms with Crippen LogP contribution in [0.3, 0.4) is 0 Å². The predicted octanol–water partition coefficient (Wildman–Crippen LogP) is 1.02. The molecule has 0 bridgehead atoms. The van der Waals surface area contributed by atoms with Crippen LogP contribution in [-0.4, -0.2) is 21.3 Å². The zero-order valence-corrected chi connectivity index (χ0v) is 6.51. The molecule has 34 valence electrons. The fraction of sp³-hybridized carbons (Fsp3) is 1.00. The molecule has 4 radical (unpaired) electrons. The Balaban J connectivity index is 2.83. The molecule has 0 amide bonds. The minimum atomic E-state index is -0.365. The maximum absolute atomic E-state index is 5.52. The average Bonchev–Trinajstić information content (AvgIpc) is 1.68. The van der Waals surface area contributed by atoms with Crippen molar-refractivity contribution in [1.29, 1.82) is 0 Å². The summed E-state index contributed by atoms with van der Waals surface area (Å²) < 4.78 is 0. The Morgan fingerprint density at radius 1 is 1.86 bits per heavy atom. The molecule has 7 heavy (non-hydrogen) atoms. The smallest absolute Gasteiger partial charge is 0.152 e. The van der Waals surface area contributed by atoms with Gasteiger partial charge in [0.1, 0.15) is 7.00 Å². The summed E-state index contributed by atoms with van der Waals surface area (Å²) in [6.07, 6.45) is 1.08. The zero-order valence-electron chi connectivity index (χ0n) is 4.46. The van der Waals surface area contributed by atoms with E-state index in [2.05, 4.69) is 23.0 Å². The van der Waals surface area contributed by atoms with Gasteiger partial charge in [0.05, 0.1) is 7.57 Å². The first kappa shape index (κ1) is 8.05. The lowest BCUT2D eigenvalue weighted by molar-refractivity contribution is 1.48. The SMILES string of the molecule is [B]P([B]P)[B]CC. The monoisotopic (exact) mass is 126 g/mol. The normalized spacial score (nSPS) is 12.9. The van der Waals surface area contributed by atoms with E-state index in [4.69, 9.17) is 7.57 Å². The van der Waals surface area contributed by atoms with Crippen LogP contribution in [-0.2, 0) is 0 Å². The molecule has 0 nitrogen and oxygen atoms in total. The minimum Gasteiger partial charge on any atom is -0.226 e. The second-order valence-corrected chi connectivity index (χ2v) is 3.64. The van der Waals surface area contributed by atoms with Crippen molar-refractivity contribution in [3.63, 3.8) is 0 Å². The predicted molar refractivity (Wildman–Crippen MR) is 44.4 cm³/mol. The fourth-order valence-electron chi connectivity index (χ4n) is 0.272. The maximum Gasteiger partial charge on any atom is 0.152 e. The van der Waals surface area contributed by atoms with Gasteiger partial charge in [-0.25, -0.2) is 7.56 Å². The summed E-state index contributed by atoms with van der Waals surface area (Å²) in [5.74, 6) is 0. The van der Waals surface area contributed by atoms with E-state index in [9.17, 15) is 0 Å². The molecule has 0 saturated carbocycles. The van der Waals surface area contributed by atoms with E-state index in [0.717, 1.165) is 6.32 Å². The van der Waals surface area contributed by atoms with Gasteiger partial charge in [0.2, 0.25) is 0 Å². The van der Waals surface area contributed by atoms with Crippen molar-refractivity contribution in [2.75, 3.05) is 0 Å². The van der Waals surface area contributed by atoms with E-state index >= 15 is 0 Å². The van der Waals surface area contributed by atoms with Crippen molar-refractivity contribution in [3.8, 4) is 0 Å². The molecule has 0 saturated heterocycles. The molecule has 0 aromatic rings. The first-order valence-corrected chi connectivity index (χ1v) is 4.44. The molecule has 2 unspecified atom stereocenters. The van der Waals surface area contributed by atoms with E-state index < -0.39 is 0 Å². The molecule has 2 atom stereocenters. The average molecular weight is 125 g/mol. The Bertz CT molecular complexity index is 41.9. The van der Waals surface area contributed by atoms with Crippen molar-refractivity contribution in [3.05, 3.63) is 0 Å². The molecule has 0 rings (SSSR count). The summed E-state index contributed by atoms with van der Waals surface area (Å²) in [5, 5.41) is 0. The molecule has 0 aromatic heterocycles. The van der Waals surface area contributed by atoms with Gasteiger partial charge in [-0.1, -0.05) is 13.2 Å². The highest BCUT2D eigenvalue weighted by atomic mass is 31.1. The fourth-order valence-corrected chi connectivity index (χ4v) is 1.18. The summed E-state index contributed by atoms with van der Waals surface area (Å²) in [4.78, 5) is 0. The largest absolute Gasteiger partial charge is 0.226 e. The Labute approximate surface area is 51.9 Å². The van der Waals surface area contributed by atoms with Crippen LogP contribution in [0.2, 0.25) is 6.32 Å². The molecular weight excluding hydrogens is 118 g/mol. The lowest BCUT2D eigenvalue weighted by Crippen LogP contribution is -1.87. The standard InChI is InChI=1S/C2H7B3P2/c1-2-4-7(3)5-6/h2,6H2,1H3. The van der Waals surface area contributed by atoms with E-state index in [1.807, 2.05) is 6.72 Å². The molecule has 0 aliphatic heterocycles. The molecule has 0 aliphatic carbocycles. The summed E-state index contributed by atoms with van der Waals surface area (Å²) in [6, 6.07) is 0. The molecule has 0 N–H and O–H groups in total. The molecule has 0 fully saturated rings. The highest BCUT2D eigenvalue weighted by molar-refractivity contribution is 8.29. The first-order valence-electron chi connectivity index (χ1n) is 2.22. The van der Waals surface area contributed by atoms with Crippen LogP contribution in [0, 0.1) is 0 Å². The van der Waals surface area contributed by atoms with Gasteiger partial charge in [-0.2, -0.15) is 9.12 Å². The van der Waals surface area contributed by atoms with Gasteiger partial charge >= 0.3 is 0 Å². The summed E-state index contributed by atoms with van der Waals surface area (Å²) in [7, 11) is 7.67. The molecule has 5 heteroatoms. The molecule has 0 spiro atoms. The third-order valence-electron chi connectivity index (χ3n) is 0.566. The topological polar surface area (TPSA) is 0 Å². The van der Waals surface area contributed by atoms with Crippen molar-refractivity contribution in [1.82, 2.24) is 0 Å². The van der Waals surface area contributed by atoms with Crippen molar-refractivity contribution in [2.45, 2.75) is 13.2 Å². The molecule has 0 aromatic carbocycles. The molecule has 0 heterocycles. The lowest BCUT2D eigenvalue weighted by Gasteiger charge is -2.01. The van der Waals surface area contributed by atoms with Gasteiger partial charge < -0.3 is 0 Å². The minimum absolute atomic E-state index is 0.365. The number of hydrogen-bond acceptors (Lipinski definition) is 0. The van der Waals surface area contributed by atoms with Crippen LogP contribution in [0.5, 0.6) is 0 Å². The van der Waals surface area contributed by atoms with Gasteiger partial charge in [0.15, 0.2) is 6.72 Å². The number of rotatable bonds is 3. The van der Waals surface area contributed by atoms with Gasteiger partial charge in [0.25, 0.3) is 0 Å². The molecule has 0 aliphatic rings. The van der Waals surface area contributed by atoms with Gasteiger partial charge in [-0.3, -0.25) is 0 Å². The zero-order chi connectivity index (χ0) is 5.70. The third kappa shape index (κ3) is 4.92. The number of hydrogen-bond donors (Lipinski definition) is 0. The summed E-state index contributed by atoms with van der Waals surface area (Å²) in [6.45, 7) is 6.16.